The van der Waals surface area contributed by atoms with E-state index >= 15 is 0 Å². The van der Waals surface area contributed by atoms with Crippen LogP contribution in [0.5, 0.6) is 0 Å². The number of nitrogens with two attached hydrogens (primary N) is 1. The molecule has 0 radical (unpaired) electrons. The quantitative estimate of drug-likeness (QED) is 0.685. The van der Waals surface area contributed by atoms with Crippen molar-refractivity contribution < 1.29 is 9.18 Å². The van der Waals surface area contributed by atoms with Crippen molar-refractivity contribution in [3.63, 3.8) is 0 Å². The molecule has 5 nitrogen and oxygen atoms in total. The van der Waals surface area contributed by atoms with Gasteiger partial charge in [0.05, 0.1) is 0 Å². The molecule has 2 heterocycles. The van der Waals surface area contributed by atoms with Crippen LogP contribution < -0.4 is 11.1 Å². The van der Waals surface area contributed by atoms with E-state index in [1.54, 1.807) is 36.9 Å². The molecule has 6 heteroatoms. The first-order valence-electron chi connectivity index (χ1n) is 8.19. The molecule has 0 saturated carbocycles. The fraction of sp³-hybridized carbons (Fsp3) is 0.150. The first-order valence-corrected chi connectivity index (χ1v) is 8.19. The van der Waals surface area contributed by atoms with Crippen molar-refractivity contribution >= 4 is 5.91 Å². The van der Waals surface area contributed by atoms with Gasteiger partial charge in [-0.3, -0.25) is 20.1 Å². The standard InChI is InChI=1S/C20H19FN4O/c21-18-3-1-17(2-4-18)20(19(22)26,13-15-5-9-23-10-6-15)25-14-16-7-11-24-12-8-16/h1-12,25H,13-14H2,(H2,22,26). The topological polar surface area (TPSA) is 80.9 Å². The maximum Gasteiger partial charge on any atom is 0.242 e. The van der Waals surface area contributed by atoms with Gasteiger partial charge in [0, 0.05) is 37.8 Å². The summed E-state index contributed by atoms with van der Waals surface area (Å²) in [5, 5.41) is 3.29. The number of aromatic nitrogens is 2. The Balaban J connectivity index is 1.99. The Bertz CT molecular complexity index is 856. The van der Waals surface area contributed by atoms with Gasteiger partial charge in [0.15, 0.2) is 0 Å². The third-order valence-corrected chi connectivity index (χ3v) is 4.32. The van der Waals surface area contributed by atoms with Crippen LogP contribution in [0.2, 0.25) is 0 Å². The van der Waals surface area contributed by atoms with Gasteiger partial charge in [0.1, 0.15) is 11.4 Å². The fourth-order valence-electron chi connectivity index (χ4n) is 2.88. The highest BCUT2D eigenvalue weighted by Crippen LogP contribution is 2.27. The lowest BCUT2D eigenvalue weighted by Gasteiger charge is -2.33. The molecular weight excluding hydrogens is 331 g/mol. The monoisotopic (exact) mass is 350 g/mol. The molecule has 3 rings (SSSR count). The maximum atomic E-state index is 13.4. The van der Waals surface area contributed by atoms with Gasteiger partial charge >= 0.3 is 0 Å². The smallest absolute Gasteiger partial charge is 0.242 e. The van der Waals surface area contributed by atoms with Crippen molar-refractivity contribution in [3.8, 4) is 0 Å². The van der Waals surface area contributed by atoms with E-state index in [1.807, 2.05) is 24.3 Å². The normalized spacial score (nSPS) is 13.1. The largest absolute Gasteiger partial charge is 0.368 e. The highest BCUT2D eigenvalue weighted by Gasteiger charge is 2.38. The van der Waals surface area contributed by atoms with Crippen molar-refractivity contribution in [2.24, 2.45) is 5.73 Å². The molecule has 0 fully saturated rings. The Morgan fingerprint density at radius 1 is 0.923 bits per heavy atom. The summed E-state index contributed by atoms with van der Waals surface area (Å²) in [5.41, 5.74) is 7.11. The second-order valence-corrected chi connectivity index (χ2v) is 6.02. The molecule has 0 aliphatic heterocycles. The zero-order chi connectivity index (χ0) is 18.4. The molecule has 0 aliphatic rings. The molecule has 1 atom stereocenters. The Labute approximate surface area is 151 Å². The number of carbonyl (C=O) groups excluding carboxylic acids is 1. The van der Waals surface area contributed by atoms with E-state index in [0.717, 1.165) is 11.1 Å². The molecule has 26 heavy (non-hydrogen) atoms. The van der Waals surface area contributed by atoms with Crippen LogP contribution in [0.1, 0.15) is 16.7 Å². The molecule has 0 bridgehead atoms. The summed E-state index contributed by atoms with van der Waals surface area (Å²) in [5.74, 6) is -0.903. The van der Waals surface area contributed by atoms with Crippen LogP contribution in [-0.2, 0) is 23.3 Å². The third kappa shape index (κ3) is 3.92. The Morgan fingerprint density at radius 2 is 1.46 bits per heavy atom. The lowest BCUT2D eigenvalue weighted by molar-refractivity contribution is -0.125. The van der Waals surface area contributed by atoms with Crippen molar-refractivity contribution in [2.75, 3.05) is 0 Å². The van der Waals surface area contributed by atoms with Gasteiger partial charge in [-0.1, -0.05) is 12.1 Å². The number of nitrogens with one attached hydrogen (secondary N) is 1. The van der Waals surface area contributed by atoms with Gasteiger partial charge in [-0.25, -0.2) is 4.39 Å². The summed E-state index contributed by atoms with van der Waals surface area (Å²) in [6, 6.07) is 13.2. The second kappa shape index (κ2) is 7.84. The summed E-state index contributed by atoms with van der Waals surface area (Å²) >= 11 is 0. The van der Waals surface area contributed by atoms with E-state index < -0.39 is 11.4 Å². The van der Waals surface area contributed by atoms with Crippen molar-refractivity contribution in [2.45, 2.75) is 18.5 Å². The van der Waals surface area contributed by atoms with Crippen molar-refractivity contribution in [3.05, 3.63) is 95.8 Å². The van der Waals surface area contributed by atoms with Crippen molar-refractivity contribution in [1.29, 1.82) is 0 Å². The molecule has 3 aromatic rings. The van der Waals surface area contributed by atoms with Gasteiger partial charge in [-0.15, -0.1) is 0 Å². The molecule has 2 aromatic heterocycles. The van der Waals surface area contributed by atoms with E-state index in [4.69, 9.17) is 5.73 Å². The number of pyridine rings is 2. The van der Waals surface area contributed by atoms with Crippen LogP contribution >= 0.6 is 0 Å². The Hall–Kier alpha value is -3.12. The number of hydrogen-bond acceptors (Lipinski definition) is 4. The summed E-state index contributed by atoms with van der Waals surface area (Å²) in [4.78, 5) is 20.6. The van der Waals surface area contributed by atoms with Crippen LogP contribution in [0, 0.1) is 5.82 Å². The minimum Gasteiger partial charge on any atom is -0.368 e. The molecule has 3 N–H and O–H groups in total. The number of hydrogen-bond donors (Lipinski definition) is 2. The number of rotatable bonds is 7. The Kier molecular flexibility index (Phi) is 5.34. The number of halogens is 1. The first kappa shape index (κ1) is 17.7. The minimum absolute atomic E-state index is 0.321. The van der Waals surface area contributed by atoms with Crippen molar-refractivity contribution in [1.82, 2.24) is 15.3 Å². The van der Waals surface area contributed by atoms with Gasteiger partial charge in [-0.05, 0) is 53.1 Å². The molecule has 1 unspecified atom stereocenters. The summed E-state index contributed by atoms with van der Waals surface area (Å²) in [7, 11) is 0. The SMILES string of the molecule is NC(=O)C(Cc1ccncc1)(NCc1ccncc1)c1ccc(F)cc1. The zero-order valence-electron chi connectivity index (χ0n) is 14.1. The van der Waals surface area contributed by atoms with Crippen LogP contribution in [0.25, 0.3) is 0 Å². The molecule has 0 saturated heterocycles. The molecular formula is C20H19FN4O. The Morgan fingerprint density at radius 3 is 2.00 bits per heavy atom. The van der Waals surface area contributed by atoms with Gasteiger partial charge in [0.25, 0.3) is 0 Å². The predicted molar refractivity (Wildman–Crippen MR) is 96.3 cm³/mol. The van der Waals surface area contributed by atoms with Crippen LogP contribution in [-0.4, -0.2) is 15.9 Å². The lowest BCUT2D eigenvalue weighted by Crippen LogP contribution is -2.54. The molecule has 0 spiro atoms. The van der Waals surface area contributed by atoms with E-state index in [-0.39, 0.29) is 5.82 Å². The number of primary amides is 1. The molecule has 0 aliphatic carbocycles. The first-order chi connectivity index (χ1) is 12.6. The lowest BCUT2D eigenvalue weighted by atomic mass is 9.83. The maximum absolute atomic E-state index is 13.4. The highest BCUT2D eigenvalue weighted by molar-refractivity contribution is 5.86. The molecule has 1 amide bonds. The van der Waals surface area contributed by atoms with Gasteiger partial charge in [-0.2, -0.15) is 0 Å². The van der Waals surface area contributed by atoms with Crippen LogP contribution in [0.15, 0.2) is 73.3 Å². The number of nitrogens with zero attached hydrogens (tertiary/aromatic N) is 2. The minimum atomic E-state index is -1.18. The summed E-state index contributed by atoms with van der Waals surface area (Å²) in [6.45, 7) is 0.411. The third-order valence-electron chi connectivity index (χ3n) is 4.32. The van der Waals surface area contributed by atoms with E-state index in [2.05, 4.69) is 15.3 Å². The second-order valence-electron chi connectivity index (χ2n) is 6.02. The van der Waals surface area contributed by atoms with Gasteiger partial charge < -0.3 is 5.73 Å². The summed E-state index contributed by atoms with van der Waals surface area (Å²) < 4.78 is 13.4. The van der Waals surface area contributed by atoms with Gasteiger partial charge in [0.2, 0.25) is 5.91 Å². The highest BCUT2D eigenvalue weighted by atomic mass is 19.1. The van der Waals surface area contributed by atoms with E-state index in [1.165, 1.54) is 12.1 Å². The number of carbonyl (C=O) groups is 1. The zero-order valence-corrected chi connectivity index (χ0v) is 14.1. The number of benzene rings is 1. The summed E-state index contributed by atoms with van der Waals surface area (Å²) in [6.07, 6.45) is 7.01. The van der Waals surface area contributed by atoms with Crippen LogP contribution in [0.3, 0.4) is 0 Å². The average molecular weight is 350 g/mol. The molecule has 1 aromatic carbocycles. The van der Waals surface area contributed by atoms with E-state index in [0.29, 0.717) is 18.5 Å². The molecule has 132 valence electrons. The average Bonchev–Trinajstić information content (AvgIpc) is 2.67. The predicted octanol–water partition coefficient (Wildman–Crippen LogP) is 2.33. The van der Waals surface area contributed by atoms with Crippen LogP contribution in [0.4, 0.5) is 4.39 Å². The fourth-order valence-corrected chi connectivity index (χ4v) is 2.88. The van der Waals surface area contributed by atoms with E-state index in [9.17, 15) is 9.18 Å². The number of amides is 1.